The standard InChI is InChI=1S/C23H22N4O3/c28-21-15-18(16-27(21)14-11-17-5-2-1-3-6-17)22(29)26-19-7-9-20(10-8-19)30-23-24-12-4-13-25-23/h1-10,12-13,18H,11,14-16H2,(H,26,29). The van der Waals surface area contributed by atoms with Gasteiger partial charge in [-0.15, -0.1) is 0 Å². The van der Waals surface area contributed by atoms with Gasteiger partial charge in [0.25, 0.3) is 0 Å². The first kappa shape index (κ1) is 19.6. The van der Waals surface area contributed by atoms with E-state index in [2.05, 4.69) is 15.3 Å². The molecule has 1 unspecified atom stereocenters. The number of aromatic nitrogens is 2. The number of hydrogen-bond acceptors (Lipinski definition) is 5. The Balaban J connectivity index is 1.29. The van der Waals surface area contributed by atoms with Crippen molar-refractivity contribution in [2.75, 3.05) is 18.4 Å². The molecule has 2 aromatic carbocycles. The molecule has 1 N–H and O–H groups in total. The summed E-state index contributed by atoms with van der Waals surface area (Å²) in [4.78, 5) is 34.7. The molecule has 7 nitrogen and oxygen atoms in total. The molecule has 0 saturated carbocycles. The number of ether oxygens (including phenoxy) is 1. The average molecular weight is 402 g/mol. The molecule has 30 heavy (non-hydrogen) atoms. The lowest BCUT2D eigenvalue weighted by Crippen LogP contribution is -2.30. The number of carbonyl (C=O) groups is 2. The second kappa shape index (κ2) is 9.17. The Morgan fingerprint density at radius 1 is 1.03 bits per heavy atom. The Morgan fingerprint density at radius 3 is 2.50 bits per heavy atom. The minimum absolute atomic E-state index is 0.0256. The number of likely N-dealkylation sites (tertiary alicyclic amines) is 1. The first-order chi connectivity index (χ1) is 14.7. The van der Waals surface area contributed by atoms with Gasteiger partial charge in [0.15, 0.2) is 0 Å². The molecule has 1 fully saturated rings. The van der Waals surface area contributed by atoms with E-state index in [0.717, 1.165) is 6.42 Å². The first-order valence-corrected chi connectivity index (χ1v) is 9.85. The molecule has 1 aliphatic rings. The van der Waals surface area contributed by atoms with Gasteiger partial charge in [0.05, 0.1) is 5.92 Å². The van der Waals surface area contributed by atoms with Crippen LogP contribution in [0.2, 0.25) is 0 Å². The molecule has 1 saturated heterocycles. The number of benzene rings is 2. The Kier molecular flexibility index (Phi) is 5.98. The second-order valence-corrected chi connectivity index (χ2v) is 7.12. The maximum atomic E-state index is 12.6. The van der Waals surface area contributed by atoms with Crippen LogP contribution in [0, 0.1) is 5.92 Å². The van der Waals surface area contributed by atoms with Crippen molar-refractivity contribution in [1.82, 2.24) is 14.9 Å². The SMILES string of the molecule is O=C(Nc1ccc(Oc2ncccn2)cc1)C1CC(=O)N(CCc2ccccc2)C1. The average Bonchev–Trinajstić information content (AvgIpc) is 3.16. The summed E-state index contributed by atoms with van der Waals surface area (Å²) in [6.07, 6.45) is 4.23. The second-order valence-electron chi connectivity index (χ2n) is 7.12. The van der Waals surface area contributed by atoms with Crippen LogP contribution in [0.1, 0.15) is 12.0 Å². The van der Waals surface area contributed by atoms with Crippen LogP contribution in [0.15, 0.2) is 73.1 Å². The van der Waals surface area contributed by atoms with Crippen molar-refractivity contribution in [3.8, 4) is 11.8 Å². The number of nitrogens with one attached hydrogen (secondary N) is 1. The number of amides is 2. The van der Waals surface area contributed by atoms with E-state index in [1.54, 1.807) is 47.6 Å². The van der Waals surface area contributed by atoms with Crippen molar-refractivity contribution in [3.05, 3.63) is 78.6 Å². The van der Waals surface area contributed by atoms with Gasteiger partial charge in [0.1, 0.15) is 5.75 Å². The van der Waals surface area contributed by atoms with Gasteiger partial charge in [-0.25, -0.2) is 9.97 Å². The van der Waals surface area contributed by atoms with Crippen molar-refractivity contribution in [3.63, 3.8) is 0 Å². The van der Waals surface area contributed by atoms with E-state index in [4.69, 9.17) is 4.74 Å². The normalized spacial score (nSPS) is 15.8. The molecule has 152 valence electrons. The smallest absolute Gasteiger partial charge is 0.321 e. The highest BCUT2D eigenvalue weighted by atomic mass is 16.5. The molecule has 4 rings (SSSR count). The molecule has 1 atom stereocenters. The van der Waals surface area contributed by atoms with E-state index in [0.29, 0.717) is 24.5 Å². The monoisotopic (exact) mass is 402 g/mol. The van der Waals surface area contributed by atoms with E-state index in [1.807, 2.05) is 30.3 Å². The third kappa shape index (κ3) is 5.00. The van der Waals surface area contributed by atoms with E-state index in [9.17, 15) is 9.59 Å². The Bertz CT molecular complexity index is 994. The van der Waals surface area contributed by atoms with Crippen molar-refractivity contribution in [2.45, 2.75) is 12.8 Å². The predicted molar refractivity (Wildman–Crippen MR) is 112 cm³/mol. The van der Waals surface area contributed by atoms with Crippen LogP contribution < -0.4 is 10.1 Å². The van der Waals surface area contributed by atoms with Crippen molar-refractivity contribution in [1.29, 1.82) is 0 Å². The fraction of sp³-hybridized carbons (Fsp3) is 0.217. The molecule has 2 amide bonds. The molecule has 3 aromatic rings. The summed E-state index contributed by atoms with van der Waals surface area (Å²) in [6, 6.07) is 19.0. The predicted octanol–water partition coefficient (Wildman–Crippen LogP) is 3.30. The van der Waals surface area contributed by atoms with Crippen molar-refractivity contribution >= 4 is 17.5 Å². The number of hydrogen-bond donors (Lipinski definition) is 1. The van der Waals surface area contributed by atoms with Gasteiger partial charge in [-0.2, -0.15) is 0 Å². The van der Waals surface area contributed by atoms with Crippen LogP contribution in [-0.4, -0.2) is 39.8 Å². The largest absolute Gasteiger partial charge is 0.424 e. The Labute approximate surface area is 174 Å². The fourth-order valence-electron chi connectivity index (χ4n) is 3.37. The lowest BCUT2D eigenvalue weighted by molar-refractivity contribution is -0.128. The van der Waals surface area contributed by atoms with Crippen LogP contribution in [-0.2, 0) is 16.0 Å². The first-order valence-electron chi connectivity index (χ1n) is 9.85. The van der Waals surface area contributed by atoms with Gasteiger partial charge < -0.3 is 15.0 Å². The summed E-state index contributed by atoms with van der Waals surface area (Å²) < 4.78 is 5.54. The van der Waals surface area contributed by atoms with E-state index >= 15 is 0 Å². The highest BCUT2D eigenvalue weighted by Crippen LogP contribution is 2.23. The summed E-state index contributed by atoms with van der Waals surface area (Å²) in [7, 11) is 0. The van der Waals surface area contributed by atoms with E-state index < -0.39 is 0 Å². The highest BCUT2D eigenvalue weighted by molar-refractivity contribution is 5.97. The number of nitrogens with zero attached hydrogens (tertiary/aromatic N) is 3. The lowest BCUT2D eigenvalue weighted by Gasteiger charge is -2.16. The Hall–Kier alpha value is -3.74. The van der Waals surface area contributed by atoms with Crippen LogP contribution >= 0.6 is 0 Å². The summed E-state index contributed by atoms with van der Waals surface area (Å²) in [6.45, 7) is 1.07. The topological polar surface area (TPSA) is 84.4 Å². The zero-order valence-electron chi connectivity index (χ0n) is 16.4. The maximum Gasteiger partial charge on any atom is 0.321 e. The zero-order chi connectivity index (χ0) is 20.8. The molecule has 7 heteroatoms. The molecule has 0 spiro atoms. The summed E-state index contributed by atoms with van der Waals surface area (Å²) in [5, 5.41) is 2.89. The van der Waals surface area contributed by atoms with Crippen LogP contribution in [0.5, 0.6) is 11.8 Å². The third-order valence-corrected chi connectivity index (χ3v) is 4.97. The summed E-state index contributed by atoms with van der Waals surface area (Å²) >= 11 is 0. The third-order valence-electron chi connectivity index (χ3n) is 4.97. The maximum absolute atomic E-state index is 12.6. The number of carbonyl (C=O) groups excluding carboxylic acids is 2. The van der Waals surface area contributed by atoms with Crippen molar-refractivity contribution in [2.24, 2.45) is 5.92 Å². The summed E-state index contributed by atoms with van der Waals surface area (Å²) in [5.41, 5.74) is 1.83. The van der Waals surface area contributed by atoms with Gasteiger partial charge in [0, 0.05) is 37.6 Å². The van der Waals surface area contributed by atoms with Gasteiger partial charge in [-0.1, -0.05) is 30.3 Å². The molecule has 1 aliphatic heterocycles. The zero-order valence-corrected chi connectivity index (χ0v) is 16.4. The lowest BCUT2D eigenvalue weighted by atomic mass is 10.1. The Morgan fingerprint density at radius 2 is 1.77 bits per heavy atom. The van der Waals surface area contributed by atoms with Gasteiger partial charge in [0.2, 0.25) is 11.8 Å². The summed E-state index contributed by atoms with van der Waals surface area (Å²) in [5.74, 6) is 0.104. The van der Waals surface area contributed by atoms with Crippen LogP contribution in [0.25, 0.3) is 0 Å². The molecular weight excluding hydrogens is 380 g/mol. The molecule has 0 aliphatic carbocycles. The molecule has 1 aromatic heterocycles. The van der Waals surface area contributed by atoms with E-state index in [-0.39, 0.29) is 30.2 Å². The molecule has 0 bridgehead atoms. The quantitative estimate of drug-likeness (QED) is 0.656. The van der Waals surface area contributed by atoms with Gasteiger partial charge in [-0.3, -0.25) is 9.59 Å². The minimum atomic E-state index is -0.345. The number of rotatable bonds is 7. The molecule has 2 heterocycles. The highest BCUT2D eigenvalue weighted by Gasteiger charge is 2.34. The van der Waals surface area contributed by atoms with Crippen LogP contribution in [0.3, 0.4) is 0 Å². The molecular formula is C23H22N4O3. The minimum Gasteiger partial charge on any atom is -0.424 e. The molecule has 0 radical (unpaired) electrons. The number of anilines is 1. The van der Waals surface area contributed by atoms with Crippen LogP contribution in [0.4, 0.5) is 5.69 Å². The van der Waals surface area contributed by atoms with Gasteiger partial charge in [-0.05, 0) is 42.3 Å². The van der Waals surface area contributed by atoms with E-state index in [1.165, 1.54) is 5.56 Å². The van der Waals surface area contributed by atoms with Crippen molar-refractivity contribution < 1.29 is 14.3 Å². The van der Waals surface area contributed by atoms with Gasteiger partial charge >= 0.3 is 6.01 Å². The fourth-order valence-corrected chi connectivity index (χ4v) is 3.37.